The second kappa shape index (κ2) is 7.64. The number of nitrogens with one attached hydrogen (secondary N) is 1. The van der Waals surface area contributed by atoms with Crippen LogP contribution >= 0.6 is 0 Å². The maximum atomic E-state index is 12.9. The molecule has 0 saturated carbocycles. The van der Waals surface area contributed by atoms with E-state index in [-0.39, 0.29) is 11.7 Å². The van der Waals surface area contributed by atoms with Gasteiger partial charge in [0, 0.05) is 23.5 Å². The Morgan fingerprint density at radius 2 is 1.71 bits per heavy atom. The summed E-state index contributed by atoms with van der Waals surface area (Å²) in [5.74, 6) is -0.0418. The van der Waals surface area contributed by atoms with Crippen LogP contribution in [0, 0.1) is 0 Å². The Kier molecular flexibility index (Phi) is 4.89. The van der Waals surface area contributed by atoms with Gasteiger partial charge in [0.1, 0.15) is 5.69 Å². The van der Waals surface area contributed by atoms with Gasteiger partial charge in [-0.2, -0.15) is 0 Å². The van der Waals surface area contributed by atoms with Crippen LogP contribution in [-0.4, -0.2) is 23.2 Å². The predicted octanol–water partition coefficient (Wildman–Crippen LogP) is 4.62. The molecule has 4 rings (SSSR count). The first kappa shape index (κ1) is 17.9. The molecule has 5 heteroatoms. The van der Waals surface area contributed by atoms with E-state index in [1.807, 2.05) is 41.3 Å². The number of aromatic nitrogens is 1. The molecule has 0 bridgehead atoms. The maximum absolute atomic E-state index is 12.9. The van der Waals surface area contributed by atoms with Crippen molar-refractivity contribution in [3.05, 3.63) is 83.7 Å². The second-order valence-corrected chi connectivity index (χ2v) is 6.88. The molecule has 0 atom stereocenters. The van der Waals surface area contributed by atoms with Crippen LogP contribution in [0.4, 0.5) is 17.1 Å². The summed E-state index contributed by atoms with van der Waals surface area (Å²) in [6.07, 6.45) is 3.61. The van der Waals surface area contributed by atoms with Crippen LogP contribution in [0.5, 0.6) is 0 Å². The molecule has 0 unspecified atom stereocenters. The van der Waals surface area contributed by atoms with E-state index in [0.29, 0.717) is 17.8 Å². The van der Waals surface area contributed by atoms with Gasteiger partial charge in [-0.15, -0.1) is 0 Å². The molecule has 1 N–H and O–H groups in total. The maximum Gasteiger partial charge on any atom is 0.276 e. The Hall–Kier alpha value is -3.47. The number of amides is 1. The molecule has 0 radical (unpaired) electrons. The van der Waals surface area contributed by atoms with E-state index in [1.165, 1.54) is 5.56 Å². The van der Waals surface area contributed by atoms with Crippen LogP contribution in [0.1, 0.15) is 39.8 Å². The zero-order chi connectivity index (χ0) is 19.5. The molecule has 28 heavy (non-hydrogen) atoms. The number of carbonyl (C=O) groups is 2. The number of hydrogen-bond acceptors (Lipinski definition) is 4. The number of nitrogens with zero attached hydrogens (tertiary/aromatic N) is 2. The molecule has 0 saturated heterocycles. The summed E-state index contributed by atoms with van der Waals surface area (Å²) in [5, 5.41) is 3.23. The standard InChI is InChI=1S/C23H21N3O2/c1-16(27)17-8-10-19(11-9-17)25-20-12-13-21(24-15-20)23(28)26-14-4-6-18-5-2-3-7-22(18)26/h2-3,5,7-13,15,25H,4,6,14H2,1H3. The highest BCUT2D eigenvalue weighted by molar-refractivity contribution is 6.05. The Balaban J connectivity index is 1.49. The number of para-hydroxylation sites is 1. The first-order valence-corrected chi connectivity index (χ1v) is 9.36. The quantitative estimate of drug-likeness (QED) is 0.680. The van der Waals surface area contributed by atoms with Crippen molar-refractivity contribution in [2.45, 2.75) is 19.8 Å². The Labute approximate surface area is 164 Å². The molecular formula is C23H21N3O2. The minimum Gasteiger partial charge on any atom is -0.354 e. The van der Waals surface area contributed by atoms with Crippen molar-refractivity contribution in [3.8, 4) is 0 Å². The summed E-state index contributed by atoms with van der Waals surface area (Å²) >= 11 is 0. The van der Waals surface area contributed by atoms with Gasteiger partial charge in [0.15, 0.2) is 5.78 Å². The minimum atomic E-state index is -0.0792. The summed E-state index contributed by atoms with van der Waals surface area (Å²) in [5.41, 5.74) is 4.92. The number of anilines is 3. The van der Waals surface area contributed by atoms with Gasteiger partial charge < -0.3 is 10.2 Å². The zero-order valence-electron chi connectivity index (χ0n) is 15.7. The summed E-state index contributed by atoms with van der Waals surface area (Å²) in [4.78, 5) is 30.5. The average Bonchev–Trinajstić information content (AvgIpc) is 2.74. The monoisotopic (exact) mass is 371 g/mol. The first-order valence-electron chi connectivity index (χ1n) is 9.36. The molecule has 2 aromatic carbocycles. The highest BCUT2D eigenvalue weighted by Crippen LogP contribution is 2.28. The van der Waals surface area contributed by atoms with Gasteiger partial charge in [0.05, 0.1) is 11.9 Å². The molecule has 1 aromatic heterocycles. The van der Waals surface area contributed by atoms with Crippen LogP contribution in [0.2, 0.25) is 0 Å². The van der Waals surface area contributed by atoms with E-state index in [0.717, 1.165) is 29.9 Å². The second-order valence-electron chi connectivity index (χ2n) is 6.88. The van der Waals surface area contributed by atoms with Crippen molar-refractivity contribution >= 4 is 28.8 Å². The van der Waals surface area contributed by atoms with E-state index in [4.69, 9.17) is 0 Å². The van der Waals surface area contributed by atoms with E-state index < -0.39 is 0 Å². The molecule has 1 aliphatic heterocycles. The van der Waals surface area contributed by atoms with Gasteiger partial charge in [-0.1, -0.05) is 18.2 Å². The van der Waals surface area contributed by atoms with Gasteiger partial charge in [-0.25, -0.2) is 4.98 Å². The first-order chi connectivity index (χ1) is 13.6. The summed E-state index contributed by atoms with van der Waals surface area (Å²) in [7, 11) is 0. The van der Waals surface area contributed by atoms with Crippen molar-refractivity contribution in [1.29, 1.82) is 0 Å². The highest BCUT2D eigenvalue weighted by Gasteiger charge is 2.23. The number of hydrogen-bond donors (Lipinski definition) is 1. The smallest absolute Gasteiger partial charge is 0.276 e. The van der Waals surface area contributed by atoms with Crippen molar-refractivity contribution < 1.29 is 9.59 Å². The highest BCUT2D eigenvalue weighted by atomic mass is 16.2. The fourth-order valence-corrected chi connectivity index (χ4v) is 3.43. The number of benzene rings is 2. The van der Waals surface area contributed by atoms with Gasteiger partial charge in [0.25, 0.3) is 5.91 Å². The van der Waals surface area contributed by atoms with E-state index in [1.54, 1.807) is 31.3 Å². The largest absolute Gasteiger partial charge is 0.354 e. The van der Waals surface area contributed by atoms with E-state index >= 15 is 0 Å². The normalized spacial score (nSPS) is 13.0. The van der Waals surface area contributed by atoms with Crippen molar-refractivity contribution in [1.82, 2.24) is 4.98 Å². The summed E-state index contributed by atoms with van der Waals surface area (Å²) in [6, 6.07) is 18.9. The number of Topliss-reactive ketones (excluding diaryl/α,β-unsaturated/α-hetero) is 1. The van der Waals surface area contributed by atoms with Gasteiger partial charge >= 0.3 is 0 Å². The van der Waals surface area contributed by atoms with Crippen LogP contribution in [-0.2, 0) is 6.42 Å². The third-order valence-electron chi connectivity index (χ3n) is 4.92. The molecule has 2 heterocycles. The van der Waals surface area contributed by atoms with Gasteiger partial charge in [-0.05, 0) is 67.8 Å². The lowest BCUT2D eigenvalue weighted by molar-refractivity contribution is 0.0978. The van der Waals surface area contributed by atoms with Crippen LogP contribution in [0.3, 0.4) is 0 Å². The Morgan fingerprint density at radius 3 is 2.43 bits per heavy atom. The number of pyridine rings is 1. The SMILES string of the molecule is CC(=O)c1ccc(Nc2ccc(C(=O)N3CCCc4ccccc43)nc2)cc1. The van der Waals surface area contributed by atoms with Crippen molar-refractivity contribution in [2.75, 3.05) is 16.8 Å². The lowest BCUT2D eigenvalue weighted by atomic mass is 10.0. The fourth-order valence-electron chi connectivity index (χ4n) is 3.43. The number of aryl methyl sites for hydroxylation is 1. The fraction of sp³-hybridized carbons (Fsp3) is 0.174. The Morgan fingerprint density at radius 1 is 0.964 bits per heavy atom. The van der Waals surface area contributed by atoms with Crippen LogP contribution in [0.25, 0.3) is 0 Å². The molecule has 3 aromatic rings. The minimum absolute atomic E-state index is 0.0374. The molecule has 0 spiro atoms. The van der Waals surface area contributed by atoms with Crippen LogP contribution in [0.15, 0.2) is 66.9 Å². The number of ketones is 1. The Bertz CT molecular complexity index is 1010. The molecule has 1 amide bonds. The molecule has 0 aliphatic carbocycles. The summed E-state index contributed by atoms with van der Waals surface area (Å²) < 4.78 is 0. The molecule has 140 valence electrons. The number of rotatable bonds is 4. The third kappa shape index (κ3) is 3.64. The predicted molar refractivity (Wildman–Crippen MR) is 110 cm³/mol. The van der Waals surface area contributed by atoms with Gasteiger partial charge in [-0.3, -0.25) is 9.59 Å². The third-order valence-corrected chi connectivity index (χ3v) is 4.92. The summed E-state index contributed by atoms with van der Waals surface area (Å²) in [6.45, 7) is 2.25. The number of carbonyl (C=O) groups excluding carboxylic acids is 2. The molecular weight excluding hydrogens is 350 g/mol. The molecule has 1 aliphatic rings. The molecule has 5 nitrogen and oxygen atoms in total. The van der Waals surface area contributed by atoms with E-state index in [9.17, 15) is 9.59 Å². The van der Waals surface area contributed by atoms with Crippen molar-refractivity contribution in [3.63, 3.8) is 0 Å². The lowest BCUT2D eigenvalue weighted by Crippen LogP contribution is -2.35. The van der Waals surface area contributed by atoms with E-state index in [2.05, 4.69) is 16.4 Å². The lowest BCUT2D eigenvalue weighted by Gasteiger charge is -2.29. The van der Waals surface area contributed by atoms with Crippen molar-refractivity contribution in [2.24, 2.45) is 0 Å². The topological polar surface area (TPSA) is 62.3 Å². The zero-order valence-corrected chi connectivity index (χ0v) is 15.7. The number of fused-ring (bicyclic) bond motifs is 1. The van der Waals surface area contributed by atoms with Crippen LogP contribution < -0.4 is 10.2 Å². The van der Waals surface area contributed by atoms with Gasteiger partial charge in [0.2, 0.25) is 0 Å². The molecule has 0 fully saturated rings. The average molecular weight is 371 g/mol.